The van der Waals surface area contributed by atoms with Gasteiger partial charge in [-0.1, -0.05) is 12.1 Å². The number of hydrogen-bond donors (Lipinski definition) is 1. The minimum atomic E-state index is -0.412. The van der Waals surface area contributed by atoms with Crippen LogP contribution in [0, 0.1) is 5.82 Å². The lowest BCUT2D eigenvalue weighted by atomic mass is 10.1. The van der Waals surface area contributed by atoms with Crippen molar-refractivity contribution in [2.45, 2.75) is 6.54 Å². The monoisotopic (exact) mass is 387 g/mol. The Morgan fingerprint density at radius 3 is 2.85 bits per heavy atom. The number of amides is 1. The molecule has 8 heteroatoms. The highest BCUT2D eigenvalue weighted by atomic mass is 32.1. The molecule has 1 saturated heterocycles. The standard InChI is InChI=1S/C19H18FN3O3S/c20-15-4-2-1-3-14(15)16-5-6-17(26-16)18(24)22-19-21-13(12-27-19)11-23-7-9-25-10-8-23/h1-6,12H,7-11H2,(H,21,22,24). The number of halogens is 1. The van der Waals surface area contributed by atoms with E-state index in [9.17, 15) is 9.18 Å². The van der Waals surface area contributed by atoms with Gasteiger partial charge in [-0.3, -0.25) is 15.0 Å². The van der Waals surface area contributed by atoms with Gasteiger partial charge in [0, 0.05) is 25.0 Å². The van der Waals surface area contributed by atoms with Crippen LogP contribution in [0.4, 0.5) is 9.52 Å². The Kier molecular flexibility index (Phi) is 5.28. The number of aromatic nitrogens is 1. The van der Waals surface area contributed by atoms with Crippen molar-refractivity contribution in [1.29, 1.82) is 0 Å². The van der Waals surface area contributed by atoms with Crippen LogP contribution in [0.5, 0.6) is 0 Å². The molecule has 0 atom stereocenters. The summed E-state index contributed by atoms with van der Waals surface area (Å²) in [6.07, 6.45) is 0. The quantitative estimate of drug-likeness (QED) is 0.724. The zero-order valence-electron chi connectivity index (χ0n) is 14.5. The van der Waals surface area contributed by atoms with Crippen molar-refractivity contribution in [2.75, 3.05) is 31.6 Å². The zero-order valence-corrected chi connectivity index (χ0v) is 15.3. The van der Waals surface area contributed by atoms with Crippen LogP contribution in [-0.4, -0.2) is 42.1 Å². The number of carbonyl (C=O) groups is 1. The van der Waals surface area contributed by atoms with E-state index in [0.717, 1.165) is 38.5 Å². The maximum absolute atomic E-state index is 13.8. The summed E-state index contributed by atoms with van der Waals surface area (Å²) >= 11 is 1.36. The van der Waals surface area contributed by atoms with Gasteiger partial charge in [0.2, 0.25) is 0 Å². The molecule has 0 saturated carbocycles. The third kappa shape index (κ3) is 4.24. The van der Waals surface area contributed by atoms with Crippen molar-refractivity contribution >= 4 is 22.4 Å². The summed E-state index contributed by atoms with van der Waals surface area (Å²) in [6, 6.07) is 9.38. The molecule has 1 aromatic carbocycles. The summed E-state index contributed by atoms with van der Waals surface area (Å²) in [6.45, 7) is 3.95. The van der Waals surface area contributed by atoms with Crippen LogP contribution in [0.3, 0.4) is 0 Å². The van der Waals surface area contributed by atoms with E-state index in [0.29, 0.717) is 16.5 Å². The molecule has 1 fully saturated rings. The van der Waals surface area contributed by atoms with Gasteiger partial charge in [-0.25, -0.2) is 9.37 Å². The highest BCUT2D eigenvalue weighted by Gasteiger charge is 2.17. The minimum Gasteiger partial charge on any atom is -0.451 e. The van der Waals surface area contributed by atoms with Gasteiger partial charge in [-0.15, -0.1) is 11.3 Å². The van der Waals surface area contributed by atoms with Crippen LogP contribution in [0.15, 0.2) is 46.2 Å². The summed E-state index contributed by atoms with van der Waals surface area (Å²) in [5.41, 5.74) is 1.22. The number of rotatable bonds is 5. The van der Waals surface area contributed by atoms with Gasteiger partial charge in [0.25, 0.3) is 5.91 Å². The molecule has 0 aliphatic carbocycles. The Hall–Kier alpha value is -2.55. The number of nitrogens with zero attached hydrogens (tertiary/aromatic N) is 2. The maximum atomic E-state index is 13.8. The molecule has 4 rings (SSSR count). The van der Waals surface area contributed by atoms with Crippen LogP contribution in [0.1, 0.15) is 16.2 Å². The fraction of sp³-hybridized carbons (Fsp3) is 0.263. The SMILES string of the molecule is O=C(Nc1nc(CN2CCOCC2)cs1)c1ccc(-c2ccccc2F)o1. The molecule has 140 valence electrons. The predicted molar refractivity (Wildman–Crippen MR) is 100 cm³/mol. The molecule has 2 aromatic heterocycles. The van der Waals surface area contributed by atoms with E-state index in [-0.39, 0.29) is 5.76 Å². The third-order valence-electron chi connectivity index (χ3n) is 4.23. The Bertz CT molecular complexity index is 934. The largest absolute Gasteiger partial charge is 0.451 e. The Morgan fingerprint density at radius 2 is 2.04 bits per heavy atom. The molecule has 0 spiro atoms. The first kappa shape index (κ1) is 17.8. The fourth-order valence-corrected chi connectivity index (χ4v) is 3.55. The average Bonchev–Trinajstić information content (AvgIpc) is 3.33. The van der Waals surface area contributed by atoms with Crippen LogP contribution in [0.2, 0.25) is 0 Å². The average molecular weight is 387 g/mol. The van der Waals surface area contributed by atoms with Gasteiger partial charge in [-0.2, -0.15) is 0 Å². The number of thiazole rings is 1. The molecule has 6 nitrogen and oxygen atoms in total. The smallest absolute Gasteiger partial charge is 0.293 e. The zero-order chi connectivity index (χ0) is 18.6. The summed E-state index contributed by atoms with van der Waals surface area (Å²) in [5, 5.41) is 5.17. The molecule has 1 aliphatic heterocycles. The van der Waals surface area contributed by atoms with Crippen LogP contribution in [-0.2, 0) is 11.3 Å². The topological polar surface area (TPSA) is 67.6 Å². The van der Waals surface area contributed by atoms with Crippen molar-refractivity contribution in [3.8, 4) is 11.3 Å². The second kappa shape index (κ2) is 7.99. The van der Waals surface area contributed by atoms with Crippen molar-refractivity contribution < 1.29 is 18.3 Å². The first-order valence-electron chi connectivity index (χ1n) is 8.59. The van der Waals surface area contributed by atoms with Crippen LogP contribution in [0.25, 0.3) is 11.3 Å². The van der Waals surface area contributed by atoms with E-state index < -0.39 is 11.7 Å². The summed E-state index contributed by atoms with van der Waals surface area (Å²) < 4.78 is 24.7. The van der Waals surface area contributed by atoms with E-state index in [1.807, 2.05) is 5.38 Å². The first-order chi connectivity index (χ1) is 13.2. The third-order valence-corrected chi connectivity index (χ3v) is 5.04. The highest BCUT2D eigenvalue weighted by molar-refractivity contribution is 7.13. The van der Waals surface area contributed by atoms with E-state index in [2.05, 4.69) is 15.2 Å². The number of nitrogens with one attached hydrogen (secondary N) is 1. The molecule has 3 aromatic rings. The number of anilines is 1. The molecular formula is C19H18FN3O3S. The molecule has 0 unspecified atom stereocenters. The van der Waals surface area contributed by atoms with Gasteiger partial charge < -0.3 is 9.15 Å². The van der Waals surface area contributed by atoms with E-state index in [1.165, 1.54) is 23.5 Å². The fourth-order valence-electron chi connectivity index (χ4n) is 2.85. The number of ether oxygens (including phenoxy) is 1. The van der Waals surface area contributed by atoms with E-state index in [4.69, 9.17) is 9.15 Å². The highest BCUT2D eigenvalue weighted by Crippen LogP contribution is 2.25. The number of carbonyl (C=O) groups excluding carboxylic acids is 1. The molecule has 0 radical (unpaired) electrons. The van der Waals surface area contributed by atoms with Crippen molar-refractivity contribution in [2.24, 2.45) is 0 Å². The maximum Gasteiger partial charge on any atom is 0.293 e. The van der Waals surface area contributed by atoms with Crippen LogP contribution >= 0.6 is 11.3 Å². The molecule has 1 N–H and O–H groups in total. The second-order valence-electron chi connectivity index (χ2n) is 6.13. The molecule has 0 bridgehead atoms. The Balaban J connectivity index is 1.40. The molecule has 1 amide bonds. The van der Waals surface area contributed by atoms with Crippen molar-refractivity contribution in [3.05, 3.63) is 59.0 Å². The lowest BCUT2D eigenvalue weighted by molar-refractivity contribution is 0.0337. The van der Waals surface area contributed by atoms with Gasteiger partial charge in [-0.05, 0) is 24.3 Å². The summed E-state index contributed by atoms with van der Waals surface area (Å²) in [5.74, 6) is -0.389. The second-order valence-corrected chi connectivity index (χ2v) is 6.99. The molecule has 27 heavy (non-hydrogen) atoms. The summed E-state index contributed by atoms with van der Waals surface area (Å²) in [7, 11) is 0. The van der Waals surface area contributed by atoms with Gasteiger partial charge >= 0.3 is 0 Å². The minimum absolute atomic E-state index is 0.109. The molecular weight excluding hydrogens is 369 g/mol. The lowest BCUT2D eigenvalue weighted by Crippen LogP contribution is -2.35. The molecule has 1 aliphatic rings. The Morgan fingerprint density at radius 1 is 1.22 bits per heavy atom. The number of morpholine rings is 1. The van der Waals surface area contributed by atoms with Crippen molar-refractivity contribution in [1.82, 2.24) is 9.88 Å². The normalized spacial score (nSPS) is 15.0. The predicted octanol–water partition coefficient (Wildman–Crippen LogP) is 3.63. The Labute approximate surface area is 159 Å². The summed E-state index contributed by atoms with van der Waals surface area (Å²) in [4.78, 5) is 19.1. The van der Waals surface area contributed by atoms with Gasteiger partial charge in [0.05, 0.1) is 24.5 Å². The van der Waals surface area contributed by atoms with E-state index in [1.54, 1.807) is 24.3 Å². The first-order valence-corrected chi connectivity index (χ1v) is 9.47. The number of furan rings is 1. The van der Waals surface area contributed by atoms with E-state index >= 15 is 0 Å². The molecule has 3 heterocycles. The van der Waals surface area contributed by atoms with Gasteiger partial charge in [0.1, 0.15) is 11.6 Å². The lowest BCUT2D eigenvalue weighted by Gasteiger charge is -2.25. The van der Waals surface area contributed by atoms with Crippen LogP contribution < -0.4 is 5.32 Å². The van der Waals surface area contributed by atoms with Crippen molar-refractivity contribution in [3.63, 3.8) is 0 Å². The number of hydrogen-bond acceptors (Lipinski definition) is 6. The number of benzene rings is 1. The van der Waals surface area contributed by atoms with Gasteiger partial charge in [0.15, 0.2) is 10.9 Å².